The number of halogens is 2. The molecular formula is C14H20Br2. The van der Waals surface area contributed by atoms with Crippen LogP contribution in [-0.2, 0) is 6.42 Å². The summed E-state index contributed by atoms with van der Waals surface area (Å²) in [7, 11) is 0. The van der Waals surface area contributed by atoms with E-state index >= 15 is 0 Å². The molecule has 0 atom stereocenters. The lowest BCUT2D eigenvalue weighted by molar-refractivity contribution is 0.436. The Morgan fingerprint density at radius 2 is 1.44 bits per heavy atom. The Bertz CT molecular complexity index is 342. The Hall–Kier alpha value is 0.180. The first-order valence-electron chi connectivity index (χ1n) is 5.60. The molecule has 0 aliphatic heterocycles. The molecule has 2 heteroatoms. The summed E-state index contributed by atoms with van der Waals surface area (Å²) in [5.41, 5.74) is 6.01. The number of aryl methyl sites for hydroxylation is 3. The Labute approximate surface area is 116 Å². The lowest BCUT2D eigenvalue weighted by Gasteiger charge is -2.27. The van der Waals surface area contributed by atoms with Crippen LogP contribution in [0.4, 0.5) is 0 Å². The average Bonchev–Trinajstić information content (AvgIpc) is 2.23. The summed E-state index contributed by atoms with van der Waals surface area (Å²) in [5.74, 6) is 0. The molecule has 1 aromatic carbocycles. The molecule has 16 heavy (non-hydrogen) atoms. The van der Waals surface area contributed by atoms with Crippen LogP contribution >= 0.6 is 31.9 Å². The van der Waals surface area contributed by atoms with Crippen molar-refractivity contribution in [1.82, 2.24) is 0 Å². The summed E-state index contributed by atoms with van der Waals surface area (Å²) < 4.78 is 0. The zero-order chi connectivity index (χ0) is 12.3. The molecule has 0 radical (unpaired) electrons. The van der Waals surface area contributed by atoms with E-state index in [-0.39, 0.29) is 0 Å². The van der Waals surface area contributed by atoms with Crippen LogP contribution < -0.4 is 0 Å². The molecule has 0 saturated heterocycles. The molecule has 0 aliphatic carbocycles. The first-order valence-corrected chi connectivity index (χ1v) is 7.85. The topological polar surface area (TPSA) is 0 Å². The van der Waals surface area contributed by atoms with E-state index in [1.807, 2.05) is 0 Å². The van der Waals surface area contributed by atoms with Crippen LogP contribution in [0.3, 0.4) is 0 Å². The zero-order valence-electron chi connectivity index (χ0n) is 10.5. The molecule has 0 saturated carbocycles. The highest BCUT2D eigenvalue weighted by Gasteiger charge is 2.23. The largest absolute Gasteiger partial charge is 0.0922 e. The highest BCUT2D eigenvalue weighted by atomic mass is 79.9. The van der Waals surface area contributed by atoms with Crippen LogP contribution in [0, 0.1) is 26.2 Å². The number of hydrogen-bond donors (Lipinski definition) is 0. The van der Waals surface area contributed by atoms with Gasteiger partial charge in [-0.05, 0) is 49.3 Å². The lowest BCUT2D eigenvalue weighted by Crippen LogP contribution is -2.24. The first-order chi connectivity index (χ1) is 7.41. The summed E-state index contributed by atoms with van der Waals surface area (Å²) >= 11 is 7.25. The zero-order valence-corrected chi connectivity index (χ0v) is 13.7. The van der Waals surface area contributed by atoms with Crippen LogP contribution in [0.2, 0.25) is 0 Å². The van der Waals surface area contributed by atoms with Crippen molar-refractivity contribution < 1.29 is 0 Å². The van der Waals surface area contributed by atoms with E-state index < -0.39 is 0 Å². The minimum Gasteiger partial charge on any atom is -0.0922 e. The minimum absolute atomic E-state index is 0.296. The quantitative estimate of drug-likeness (QED) is 0.676. The molecule has 0 unspecified atom stereocenters. The standard InChI is InChI=1S/C14H20Br2/c1-10-5-11(2)13(12(3)6-10)7-14(4,8-15)9-16/h5-6H,7-9H2,1-4H3. The van der Waals surface area contributed by atoms with Crippen molar-refractivity contribution in [1.29, 1.82) is 0 Å². The molecule has 0 bridgehead atoms. The Kier molecular flexibility index (Phi) is 5.06. The van der Waals surface area contributed by atoms with Crippen LogP contribution in [-0.4, -0.2) is 10.7 Å². The maximum absolute atomic E-state index is 3.62. The fourth-order valence-corrected chi connectivity index (χ4v) is 3.37. The molecule has 1 rings (SSSR count). The van der Waals surface area contributed by atoms with Crippen molar-refractivity contribution in [3.8, 4) is 0 Å². The number of hydrogen-bond acceptors (Lipinski definition) is 0. The van der Waals surface area contributed by atoms with Crippen molar-refractivity contribution in [2.45, 2.75) is 34.1 Å². The van der Waals surface area contributed by atoms with E-state index in [2.05, 4.69) is 71.7 Å². The van der Waals surface area contributed by atoms with Gasteiger partial charge in [0, 0.05) is 10.7 Å². The van der Waals surface area contributed by atoms with Gasteiger partial charge < -0.3 is 0 Å². The Morgan fingerprint density at radius 1 is 1.00 bits per heavy atom. The summed E-state index contributed by atoms with van der Waals surface area (Å²) in [5, 5.41) is 2.05. The van der Waals surface area contributed by atoms with Gasteiger partial charge >= 0.3 is 0 Å². The molecular weight excluding hydrogens is 328 g/mol. The smallest absolute Gasteiger partial charge is 0.00965 e. The minimum atomic E-state index is 0.296. The molecule has 0 aliphatic rings. The van der Waals surface area contributed by atoms with Crippen molar-refractivity contribution >= 4 is 31.9 Å². The van der Waals surface area contributed by atoms with Crippen molar-refractivity contribution in [3.05, 3.63) is 34.4 Å². The van der Waals surface area contributed by atoms with Crippen LogP contribution in [0.25, 0.3) is 0 Å². The van der Waals surface area contributed by atoms with E-state index in [1.54, 1.807) is 0 Å². The fourth-order valence-electron chi connectivity index (χ4n) is 2.05. The third-order valence-corrected chi connectivity index (χ3v) is 5.80. The summed E-state index contributed by atoms with van der Waals surface area (Å²) in [6.07, 6.45) is 1.13. The number of alkyl halides is 2. The molecule has 0 heterocycles. The first kappa shape index (κ1) is 14.2. The monoisotopic (exact) mass is 346 g/mol. The van der Waals surface area contributed by atoms with Gasteiger partial charge in [-0.2, -0.15) is 0 Å². The molecule has 0 aromatic heterocycles. The second kappa shape index (κ2) is 5.68. The van der Waals surface area contributed by atoms with Crippen molar-refractivity contribution in [2.24, 2.45) is 5.41 Å². The highest BCUT2D eigenvalue weighted by Crippen LogP contribution is 2.30. The third-order valence-electron chi connectivity index (χ3n) is 3.09. The maximum Gasteiger partial charge on any atom is 0.00965 e. The molecule has 1 aromatic rings. The van der Waals surface area contributed by atoms with Gasteiger partial charge in [0.2, 0.25) is 0 Å². The molecule has 0 N–H and O–H groups in total. The van der Waals surface area contributed by atoms with Crippen molar-refractivity contribution in [3.63, 3.8) is 0 Å². The van der Waals surface area contributed by atoms with E-state index in [0.717, 1.165) is 17.1 Å². The normalized spacial score (nSPS) is 11.9. The molecule has 0 fully saturated rings. The number of benzene rings is 1. The van der Waals surface area contributed by atoms with Gasteiger partial charge in [0.1, 0.15) is 0 Å². The fraction of sp³-hybridized carbons (Fsp3) is 0.571. The van der Waals surface area contributed by atoms with Gasteiger partial charge in [-0.25, -0.2) is 0 Å². The maximum atomic E-state index is 3.62. The van der Waals surface area contributed by atoms with E-state index in [0.29, 0.717) is 5.41 Å². The van der Waals surface area contributed by atoms with Gasteiger partial charge in [0.15, 0.2) is 0 Å². The molecule has 0 spiro atoms. The summed E-state index contributed by atoms with van der Waals surface area (Å²) in [6, 6.07) is 4.57. The van der Waals surface area contributed by atoms with E-state index in [9.17, 15) is 0 Å². The van der Waals surface area contributed by atoms with Gasteiger partial charge in [-0.15, -0.1) is 0 Å². The van der Waals surface area contributed by atoms with E-state index in [1.165, 1.54) is 22.3 Å². The van der Waals surface area contributed by atoms with Gasteiger partial charge in [-0.1, -0.05) is 56.5 Å². The predicted octanol–water partition coefficient (Wildman–Crippen LogP) is 4.95. The second-order valence-corrected chi connectivity index (χ2v) is 6.25. The average molecular weight is 348 g/mol. The lowest BCUT2D eigenvalue weighted by atomic mass is 9.84. The second-order valence-electron chi connectivity index (χ2n) is 5.13. The van der Waals surface area contributed by atoms with Crippen LogP contribution in [0.5, 0.6) is 0 Å². The summed E-state index contributed by atoms with van der Waals surface area (Å²) in [4.78, 5) is 0. The summed E-state index contributed by atoms with van der Waals surface area (Å²) in [6.45, 7) is 8.92. The Morgan fingerprint density at radius 3 is 1.81 bits per heavy atom. The Balaban J connectivity index is 3.06. The SMILES string of the molecule is Cc1cc(C)c(CC(C)(CBr)CBr)c(C)c1. The van der Waals surface area contributed by atoms with E-state index in [4.69, 9.17) is 0 Å². The molecule has 90 valence electrons. The van der Waals surface area contributed by atoms with Crippen molar-refractivity contribution in [2.75, 3.05) is 10.7 Å². The van der Waals surface area contributed by atoms with Gasteiger partial charge in [0.25, 0.3) is 0 Å². The van der Waals surface area contributed by atoms with Gasteiger partial charge in [-0.3, -0.25) is 0 Å². The highest BCUT2D eigenvalue weighted by molar-refractivity contribution is 9.09. The van der Waals surface area contributed by atoms with Crippen LogP contribution in [0.15, 0.2) is 12.1 Å². The number of rotatable bonds is 4. The van der Waals surface area contributed by atoms with Gasteiger partial charge in [0.05, 0.1) is 0 Å². The molecule has 0 amide bonds. The van der Waals surface area contributed by atoms with Crippen LogP contribution in [0.1, 0.15) is 29.2 Å². The third kappa shape index (κ3) is 3.33. The predicted molar refractivity (Wildman–Crippen MR) is 80.1 cm³/mol. The molecule has 0 nitrogen and oxygen atoms in total.